The minimum absolute atomic E-state index is 0.258. The summed E-state index contributed by atoms with van der Waals surface area (Å²) in [5.41, 5.74) is 11.7. The maximum atomic E-state index is 6.26. The molecule has 8 rings (SSSR count). The molecule has 2 bridgehead atoms. The number of benzene rings is 1. The third-order valence-corrected chi connectivity index (χ3v) is 9.69. The predicted molar refractivity (Wildman–Crippen MR) is 159 cm³/mol. The number of rotatable bonds is 5. The Morgan fingerprint density at radius 1 is 0.878 bits per heavy atom. The van der Waals surface area contributed by atoms with Gasteiger partial charge in [0.25, 0.3) is 0 Å². The van der Waals surface area contributed by atoms with E-state index in [9.17, 15) is 0 Å². The van der Waals surface area contributed by atoms with Gasteiger partial charge >= 0.3 is 0 Å². The SMILES string of the molecule is Nc1nc(Nc2ccc(N3CCN(C4CC5CCC4C5)CC3)nc2)nn1-c1cc2c(nn1)-c1ccccc1CCC2. The first-order valence-electron chi connectivity index (χ1n) is 15.1. The lowest BCUT2D eigenvalue weighted by Gasteiger charge is -2.41. The van der Waals surface area contributed by atoms with E-state index in [0.29, 0.717) is 11.8 Å². The van der Waals surface area contributed by atoms with Crippen molar-refractivity contribution in [3.63, 3.8) is 0 Å². The molecular weight excluding hydrogens is 512 g/mol. The van der Waals surface area contributed by atoms with Crippen molar-refractivity contribution >= 4 is 23.4 Å². The highest BCUT2D eigenvalue weighted by Crippen LogP contribution is 2.46. The molecule has 1 aromatic carbocycles. The van der Waals surface area contributed by atoms with Crippen LogP contribution in [0.25, 0.3) is 17.1 Å². The number of anilines is 4. The second kappa shape index (κ2) is 10.1. The van der Waals surface area contributed by atoms with Crippen molar-refractivity contribution in [2.75, 3.05) is 42.1 Å². The van der Waals surface area contributed by atoms with Crippen molar-refractivity contribution in [2.24, 2.45) is 11.8 Å². The second-order valence-corrected chi connectivity index (χ2v) is 12.1. The fourth-order valence-electron chi connectivity index (χ4n) is 7.64. The topological polar surface area (TPSA) is 114 Å². The summed E-state index contributed by atoms with van der Waals surface area (Å²) in [6, 6.07) is 15.4. The quantitative estimate of drug-likeness (QED) is 0.378. The predicted octanol–water partition coefficient (Wildman–Crippen LogP) is 4.24. The van der Waals surface area contributed by atoms with E-state index < -0.39 is 0 Å². The molecule has 10 nitrogen and oxygen atoms in total. The number of hydrogen-bond acceptors (Lipinski definition) is 9. The van der Waals surface area contributed by atoms with Gasteiger partial charge in [0.15, 0.2) is 5.82 Å². The van der Waals surface area contributed by atoms with Gasteiger partial charge in [0.05, 0.1) is 17.6 Å². The molecule has 3 aromatic heterocycles. The van der Waals surface area contributed by atoms with Gasteiger partial charge in [-0.2, -0.15) is 9.67 Å². The van der Waals surface area contributed by atoms with Gasteiger partial charge in [-0.3, -0.25) is 4.90 Å². The molecule has 210 valence electrons. The van der Waals surface area contributed by atoms with E-state index in [0.717, 1.165) is 91.6 Å². The summed E-state index contributed by atoms with van der Waals surface area (Å²) in [6.07, 6.45) is 10.7. The normalized spacial score (nSPS) is 23.7. The molecule has 3 unspecified atom stereocenters. The van der Waals surface area contributed by atoms with Crippen molar-refractivity contribution < 1.29 is 0 Å². The van der Waals surface area contributed by atoms with Crippen LogP contribution in [0.15, 0.2) is 48.7 Å². The molecule has 2 saturated carbocycles. The van der Waals surface area contributed by atoms with E-state index in [4.69, 9.17) is 10.7 Å². The Hall–Kier alpha value is -4.05. The molecule has 10 heteroatoms. The highest BCUT2D eigenvalue weighted by Gasteiger charge is 2.42. The molecule has 4 aromatic rings. The van der Waals surface area contributed by atoms with Crippen LogP contribution >= 0.6 is 0 Å². The van der Waals surface area contributed by atoms with E-state index in [1.54, 1.807) is 4.68 Å². The first-order chi connectivity index (χ1) is 20.2. The molecule has 0 amide bonds. The molecule has 3 aliphatic carbocycles. The molecule has 4 aliphatic rings. The summed E-state index contributed by atoms with van der Waals surface area (Å²) < 4.78 is 1.55. The molecule has 41 heavy (non-hydrogen) atoms. The maximum absolute atomic E-state index is 6.26. The van der Waals surface area contributed by atoms with E-state index in [-0.39, 0.29) is 5.95 Å². The zero-order chi connectivity index (χ0) is 27.3. The van der Waals surface area contributed by atoms with Crippen molar-refractivity contribution in [3.8, 4) is 17.1 Å². The summed E-state index contributed by atoms with van der Waals surface area (Å²) in [7, 11) is 0. The number of hydrogen-bond donors (Lipinski definition) is 2. The maximum Gasteiger partial charge on any atom is 0.248 e. The van der Waals surface area contributed by atoms with Gasteiger partial charge in [-0.15, -0.1) is 15.3 Å². The Bertz CT molecular complexity index is 1560. The zero-order valence-electron chi connectivity index (χ0n) is 23.3. The Kier molecular flexibility index (Phi) is 6.09. The van der Waals surface area contributed by atoms with Crippen LogP contribution in [-0.4, -0.2) is 67.1 Å². The smallest absolute Gasteiger partial charge is 0.248 e. The number of fused-ring (bicyclic) bond motifs is 5. The van der Waals surface area contributed by atoms with E-state index in [1.807, 2.05) is 18.3 Å². The number of nitrogens with zero attached hydrogens (tertiary/aromatic N) is 8. The monoisotopic (exact) mass is 548 g/mol. The van der Waals surface area contributed by atoms with Crippen molar-refractivity contribution in [3.05, 3.63) is 59.8 Å². The van der Waals surface area contributed by atoms with Crippen LogP contribution < -0.4 is 16.0 Å². The number of nitrogens with two attached hydrogens (primary N) is 1. The number of nitrogen functional groups attached to an aromatic ring is 1. The Balaban J connectivity index is 0.935. The standard InChI is InChI=1S/C31H36N10/c32-30-35-31(38-41(30)28-18-23-6-3-5-21-4-1-2-7-25(21)29(23)37-36-28)34-24-10-11-27(33-19-24)40-14-12-39(13-15-40)26-17-20-8-9-22(26)16-20/h1-2,4,7,10-11,18-20,22,26H,3,5-6,8-9,12-17H2,(H3,32,34,35,38). The third kappa shape index (κ3) is 4.60. The first kappa shape index (κ1) is 24.7. The lowest BCUT2D eigenvalue weighted by Crippen LogP contribution is -2.52. The first-order valence-corrected chi connectivity index (χ1v) is 15.1. The fourth-order valence-corrected chi connectivity index (χ4v) is 7.64. The van der Waals surface area contributed by atoms with Crippen LogP contribution in [0.2, 0.25) is 0 Å². The molecule has 3 fully saturated rings. The molecule has 1 aliphatic heterocycles. The van der Waals surface area contributed by atoms with Crippen molar-refractivity contribution in [1.29, 1.82) is 0 Å². The van der Waals surface area contributed by atoms with Crippen LogP contribution in [-0.2, 0) is 12.8 Å². The van der Waals surface area contributed by atoms with E-state index >= 15 is 0 Å². The molecule has 0 radical (unpaired) electrons. The Morgan fingerprint density at radius 2 is 1.76 bits per heavy atom. The minimum atomic E-state index is 0.258. The van der Waals surface area contributed by atoms with Gasteiger partial charge < -0.3 is 16.0 Å². The van der Waals surface area contributed by atoms with Gasteiger partial charge in [-0.1, -0.05) is 30.7 Å². The molecule has 0 spiro atoms. The number of piperazine rings is 1. The molecule has 3 N–H and O–H groups in total. The molecule has 3 atom stereocenters. The van der Waals surface area contributed by atoms with Gasteiger partial charge in [0.2, 0.25) is 11.9 Å². The summed E-state index contributed by atoms with van der Waals surface area (Å²) >= 11 is 0. The molecular formula is C31H36N10. The largest absolute Gasteiger partial charge is 0.368 e. The van der Waals surface area contributed by atoms with Crippen molar-refractivity contribution in [2.45, 2.75) is 51.0 Å². The molecule has 1 saturated heterocycles. The van der Waals surface area contributed by atoms with Crippen LogP contribution in [0.3, 0.4) is 0 Å². The van der Waals surface area contributed by atoms with Crippen molar-refractivity contribution in [1.82, 2.24) is 34.8 Å². The van der Waals surface area contributed by atoms with Gasteiger partial charge in [-0.05, 0) is 79.7 Å². The van der Waals surface area contributed by atoms with Crippen LogP contribution in [0, 0.1) is 11.8 Å². The van der Waals surface area contributed by atoms with Crippen LogP contribution in [0.5, 0.6) is 0 Å². The van der Waals surface area contributed by atoms with Crippen LogP contribution in [0.4, 0.5) is 23.4 Å². The molecule has 4 heterocycles. The zero-order valence-corrected chi connectivity index (χ0v) is 23.3. The number of pyridine rings is 1. The summed E-state index contributed by atoms with van der Waals surface area (Å²) in [5.74, 6) is 4.19. The summed E-state index contributed by atoms with van der Waals surface area (Å²) in [5, 5.41) is 16.9. The van der Waals surface area contributed by atoms with E-state index in [1.165, 1.54) is 31.2 Å². The highest BCUT2D eigenvalue weighted by atomic mass is 15.4. The number of aromatic nitrogens is 6. The number of aryl methyl sites for hydroxylation is 2. The lowest BCUT2D eigenvalue weighted by molar-refractivity contribution is 0.134. The third-order valence-electron chi connectivity index (χ3n) is 9.69. The minimum Gasteiger partial charge on any atom is -0.368 e. The second-order valence-electron chi connectivity index (χ2n) is 12.1. The van der Waals surface area contributed by atoms with Crippen LogP contribution in [0.1, 0.15) is 43.2 Å². The van der Waals surface area contributed by atoms with Gasteiger partial charge in [0, 0.05) is 37.8 Å². The highest BCUT2D eigenvalue weighted by molar-refractivity contribution is 5.68. The van der Waals surface area contributed by atoms with Gasteiger partial charge in [-0.25, -0.2) is 4.98 Å². The fraction of sp³-hybridized carbons (Fsp3) is 0.452. The summed E-state index contributed by atoms with van der Waals surface area (Å²) in [6.45, 7) is 4.33. The average molecular weight is 549 g/mol. The average Bonchev–Trinajstić information content (AvgIpc) is 3.71. The van der Waals surface area contributed by atoms with E-state index in [2.05, 4.69) is 65.7 Å². The summed E-state index contributed by atoms with van der Waals surface area (Å²) in [4.78, 5) is 14.3. The van der Waals surface area contributed by atoms with Gasteiger partial charge in [0.1, 0.15) is 5.82 Å². The number of nitrogens with one attached hydrogen (secondary N) is 1. The Labute approximate surface area is 240 Å². The lowest BCUT2D eigenvalue weighted by atomic mass is 9.93. The Morgan fingerprint density at radius 3 is 2.56 bits per heavy atom.